The van der Waals surface area contributed by atoms with Crippen LogP contribution in [0.4, 0.5) is 0 Å². The molecule has 0 amide bonds. The van der Waals surface area contributed by atoms with Gasteiger partial charge >= 0.3 is 8.25 Å². The summed E-state index contributed by atoms with van der Waals surface area (Å²) in [5.74, 6) is 1.28. The standard InChI is InChI=1S/C20H41N2O3P/c1-5-9-11-19(7-3)17-21-13-15-24-26(23)25-16-14-22-18-20(8-4)12-10-6-2/h13-14,19-20,26H,5-12,15-18H2,1-4H3. The summed E-state index contributed by atoms with van der Waals surface area (Å²) >= 11 is 0. The zero-order valence-electron chi connectivity index (χ0n) is 17.4. The molecule has 0 aromatic rings. The van der Waals surface area contributed by atoms with Crippen LogP contribution in [0.15, 0.2) is 9.98 Å². The van der Waals surface area contributed by atoms with Crippen molar-refractivity contribution >= 4 is 20.7 Å². The molecule has 26 heavy (non-hydrogen) atoms. The molecule has 0 aromatic carbocycles. The maximum absolute atomic E-state index is 11.6. The molecule has 5 nitrogen and oxygen atoms in total. The van der Waals surface area contributed by atoms with Crippen LogP contribution in [0.1, 0.15) is 79.1 Å². The molecule has 0 N–H and O–H groups in total. The Morgan fingerprint density at radius 1 is 0.808 bits per heavy atom. The lowest BCUT2D eigenvalue weighted by atomic mass is 10.00. The van der Waals surface area contributed by atoms with Gasteiger partial charge in [0.15, 0.2) is 0 Å². The maximum Gasteiger partial charge on any atom is 0.319 e. The van der Waals surface area contributed by atoms with Gasteiger partial charge in [-0.1, -0.05) is 66.2 Å². The first-order chi connectivity index (χ1) is 12.7. The smallest absolute Gasteiger partial charge is 0.305 e. The third-order valence-corrected chi connectivity index (χ3v) is 5.43. The minimum atomic E-state index is -2.46. The Kier molecular flexibility index (Phi) is 18.9. The van der Waals surface area contributed by atoms with E-state index in [2.05, 4.69) is 37.7 Å². The summed E-state index contributed by atoms with van der Waals surface area (Å²) in [4.78, 5) is 8.75. The second-order valence-electron chi connectivity index (χ2n) is 6.80. The number of hydrogen-bond donors (Lipinski definition) is 0. The van der Waals surface area contributed by atoms with E-state index >= 15 is 0 Å². The molecule has 0 aliphatic carbocycles. The lowest BCUT2D eigenvalue weighted by Gasteiger charge is -2.10. The van der Waals surface area contributed by atoms with E-state index in [9.17, 15) is 4.57 Å². The number of rotatable bonds is 18. The molecule has 154 valence electrons. The Balaban J connectivity index is 3.76. The Morgan fingerprint density at radius 3 is 1.58 bits per heavy atom. The highest BCUT2D eigenvalue weighted by Gasteiger charge is 2.04. The van der Waals surface area contributed by atoms with Gasteiger partial charge in [0.05, 0.1) is 13.2 Å². The van der Waals surface area contributed by atoms with Gasteiger partial charge < -0.3 is 9.05 Å². The Morgan fingerprint density at radius 2 is 1.23 bits per heavy atom. The quantitative estimate of drug-likeness (QED) is 0.214. The number of nitrogens with zero attached hydrogens (tertiary/aromatic N) is 2. The second kappa shape index (κ2) is 19.3. The Bertz CT molecular complexity index is 355. The van der Waals surface area contributed by atoms with Crippen LogP contribution in [0.5, 0.6) is 0 Å². The molecule has 0 heterocycles. The fourth-order valence-electron chi connectivity index (χ4n) is 2.64. The highest BCUT2D eigenvalue weighted by atomic mass is 31.1. The minimum Gasteiger partial charge on any atom is -0.305 e. The first-order valence-corrected chi connectivity index (χ1v) is 11.7. The van der Waals surface area contributed by atoms with Crippen LogP contribution in [0.3, 0.4) is 0 Å². The van der Waals surface area contributed by atoms with E-state index in [4.69, 9.17) is 9.05 Å². The van der Waals surface area contributed by atoms with E-state index in [-0.39, 0.29) is 13.2 Å². The van der Waals surface area contributed by atoms with Crippen LogP contribution in [0.2, 0.25) is 0 Å². The fraction of sp³-hybridized carbons (Fsp3) is 0.900. The fourth-order valence-corrected chi connectivity index (χ4v) is 3.14. The van der Waals surface area contributed by atoms with Gasteiger partial charge in [-0.15, -0.1) is 0 Å². The van der Waals surface area contributed by atoms with E-state index < -0.39 is 8.25 Å². The molecule has 0 saturated carbocycles. The van der Waals surface area contributed by atoms with E-state index in [1.165, 1.54) is 38.5 Å². The van der Waals surface area contributed by atoms with Crippen molar-refractivity contribution < 1.29 is 13.6 Å². The average molecular weight is 389 g/mol. The summed E-state index contributed by atoms with van der Waals surface area (Å²) in [7, 11) is -2.46. The normalized spacial score (nSPS) is 15.7. The average Bonchev–Trinajstić information content (AvgIpc) is 2.66. The Hall–Kier alpha value is -0.510. The molecule has 0 aliphatic heterocycles. The number of hydrogen-bond acceptors (Lipinski definition) is 5. The van der Waals surface area contributed by atoms with Crippen LogP contribution >= 0.6 is 8.25 Å². The summed E-state index contributed by atoms with van der Waals surface area (Å²) in [5, 5.41) is 0. The molecule has 0 aliphatic rings. The van der Waals surface area contributed by atoms with Gasteiger partial charge in [-0.05, 0) is 24.7 Å². The van der Waals surface area contributed by atoms with Gasteiger partial charge in [-0.2, -0.15) is 0 Å². The van der Waals surface area contributed by atoms with Gasteiger partial charge in [0.25, 0.3) is 0 Å². The number of aliphatic imine (C=N–C) groups is 2. The van der Waals surface area contributed by atoms with Crippen molar-refractivity contribution in [1.29, 1.82) is 0 Å². The van der Waals surface area contributed by atoms with Crippen molar-refractivity contribution in [1.82, 2.24) is 0 Å². The summed E-state index contributed by atoms with van der Waals surface area (Å²) in [6.07, 6.45) is 13.1. The first kappa shape index (κ1) is 25.5. The highest BCUT2D eigenvalue weighted by Crippen LogP contribution is 2.22. The molecule has 2 atom stereocenters. The second-order valence-corrected chi connectivity index (χ2v) is 7.88. The van der Waals surface area contributed by atoms with E-state index in [0.717, 1.165) is 25.9 Å². The molecule has 0 radical (unpaired) electrons. The predicted molar refractivity (Wildman–Crippen MR) is 114 cm³/mol. The summed E-state index contributed by atoms with van der Waals surface area (Å²) < 4.78 is 22.0. The van der Waals surface area contributed by atoms with E-state index in [1.54, 1.807) is 12.4 Å². The van der Waals surface area contributed by atoms with Gasteiger partial charge in [-0.25, -0.2) is 0 Å². The summed E-state index contributed by atoms with van der Waals surface area (Å²) in [5.41, 5.74) is 0. The van der Waals surface area contributed by atoms with E-state index in [0.29, 0.717) is 11.8 Å². The molecule has 0 fully saturated rings. The van der Waals surface area contributed by atoms with Crippen molar-refractivity contribution in [2.75, 3.05) is 26.3 Å². The molecule has 6 heteroatoms. The van der Waals surface area contributed by atoms with Crippen molar-refractivity contribution in [3.63, 3.8) is 0 Å². The molecule has 0 rings (SSSR count). The van der Waals surface area contributed by atoms with Gasteiger partial charge in [0.1, 0.15) is 0 Å². The monoisotopic (exact) mass is 388 g/mol. The zero-order chi connectivity index (χ0) is 19.5. The molecular formula is C20H41N2O3P. The van der Waals surface area contributed by atoms with Crippen LogP contribution in [-0.2, 0) is 13.6 Å². The third kappa shape index (κ3) is 15.7. The molecule has 0 aromatic heterocycles. The number of unbranched alkanes of at least 4 members (excludes halogenated alkanes) is 2. The molecular weight excluding hydrogens is 347 g/mol. The largest absolute Gasteiger partial charge is 0.319 e. The van der Waals surface area contributed by atoms with Crippen LogP contribution < -0.4 is 0 Å². The van der Waals surface area contributed by atoms with Crippen LogP contribution in [0.25, 0.3) is 0 Å². The maximum atomic E-state index is 11.6. The molecule has 0 bridgehead atoms. The molecule has 0 spiro atoms. The summed E-state index contributed by atoms with van der Waals surface area (Å²) in [6.45, 7) is 11.0. The summed E-state index contributed by atoms with van der Waals surface area (Å²) in [6, 6.07) is 0. The predicted octanol–water partition coefficient (Wildman–Crippen LogP) is 5.98. The lowest BCUT2D eigenvalue weighted by molar-refractivity contribution is 0.274. The first-order valence-electron chi connectivity index (χ1n) is 10.4. The van der Waals surface area contributed by atoms with Crippen LogP contribution in [-0.4, -0.2) is 38.7 Å². The third-order valence-electron chi connectivity index (χ3n) is 4.62. The van der Waals surface area contributed by atoms with Crippen LogP contribution in [0, 0.1) is 11.8 Å². The van der Waals surface area contributed by atoms with Crippen molar-refractivity contribution in [2.45, 2.75) is 79.1 Å². The molecule has 2 unspecified atom stereocenters. The molecule has 0 saturated heterocycles. The minimum absolute atomic E-state index is 0.244. The van der Waals surface area contributed by atoms with E-state index in [1.807, 2.05) is 0 Å². The zero-order valence-corrected chi connectivity index (χ0v) is 18.4. The van der Waals surface area contributed by atoms with Crippen molar-refractivity contribution in [2.24, 2.45) is 21.8 Å². The van der Waals surface area contributed by atoms with Gasteiger partial charge in [-0.3, -0.25) is 14.5 Å². The van der Waals surface area contributed by atoms with Crippen molar-refractivity contribution in [3.8, 4) is 0 Å². The van der Waals surface area contributed by atoms with Crippen molar-refractivity contribution in [3.05, 3.63) is 0 Å². The SMILES string of the molecule is CCCCC(CC)CN=CCO[PH](=O)OCC=NCC(CC)CCCC. The highest BCUT2D eigenvalue weighted by molar-refractivity contribution is 7.33. The Labute approximate surface area is 162 Å². The topological polar surface area (TPSA) is 60.2 Å². The van der Waals surface area contributed by atoms with Gasteiger partial charge in [0, 0.05) is 25.5 Å². The lowest BCUT2D eigenvalue weighted by Crippen LogP contribution is -2.04. The van der Waals surface area contributed by atoms with Gasteiger partial charge in [0.2, 0.25) is 0 Å².